The topological polar surface area (TPSA) is 63.2 Å². The molecule has 54 heavy (non-hydrogen) atoms. The number of carbonyl (C=O) groups is 1. The van der Waals surface area contributed by atoms with Gasteiger partial charge in [-0.15, -0.1) is 0 Å². The molecule has 2 aliphatic carbocycles. The normalized spacial score (nSPS) is 27.4. The molecule has 0 aromatic heterocycles. The van der Waals surface area contributed by atoms with Crippen LogP contribution in [0.3, 0.4) is 0 Å². The van der Waals surface area contributed by atoms with Gasteiger partial charge in [0.25, 0.3) is 0 Å². The van der Waals surface area contributed by atoms with E-state index in [2.05, 4.69) is 139 Å². The molecule has 6 nitrogen and oxygen atoms in total. The quantitative estimate of drug-likeness (QED) is 0.138. The van der Waals surface area contributed by atoms with Gasteiger partial charge in [-0.25, -0.2) is 4.79 Å². The maximum atomic E-state index is 14.4. The van der Waals surface area contributed by atoms with Gasteiger partial charge < -0.3 is 23.1 Å². The van der Waals surface area contributed by atoms with Gasteiger partial charge in [-0.2, -0.15) is 0 Å². The minimum atomic E-state index is -2.10. The number of para-hydroxylation sites is 1. The Morgan fingerprint density at radius 1 is 0.889 bits per heavy atom. The molecule has 306 valence electrons. The van der Waals surface area contributed by atoms with Crippen molar-refractivity contribution in [2.75, 3.05) is 6.61 Å². The minimum absolute atomic E-state index is 0.0687. The number of rotatable bonds is 14. The smallest absolute Gasteiger partial charge is 0.347 e. The molecule has 8 heteroatoms. The molecular formula is C46H78O6Si2. The van der Waals surface area contributed by atoms with Gasteiger partial charge in [-0.1, -0.05) is 120 Å². The summed E-state index contributed by atoms with van der Waals surface area (Å²) in [7, 11) is -3.96. The molecule has 0 spiro atoms. The van der Waals surface area contributed by atoms with E-state index < -0.39 is 22.7 Å². The number of esters is 1. The number of benzene rings is 1. The molecule has 0 saturated carbocycles. The molecule has 1 aromatic rings. The van der Waals surface area contributed by atoms with Crippen LogP contribution >= 0.6 is 0 Å². The second-order valence-corrected chi connectivity index (χ2v) is 29.9. The number of hydrogen-bond acceptors (Lipinski definition) is 6. The summed E-state index contributed by atoms with van der Waals surface area (Å²) in [6.07, 6.45) is 11.4. The monoisotopic (exact) mass is 783 g/mol. The first-order valence-electron chi connectivity index (χ1n) is 21.3. The first-order chi connectivity index (χ1) is 25.0. The molecule has 1 unspecified atom stereocenters. The van der Waals surface area contributed by atoms with Gasteiger partial charge in [0.2, 0.25) is 0 Å². The van der Waals surface area contributed by atoms with Crippen LogP contribution in [0.5, 0.6) is 5.75 Å². The fourth-order valence-electron chi connectivity index (χ4n) is 8.02. The molecule has 0 bridgehead atoms. The summed E-state index contributed by atoms with van der Waals surface area (Å²) in [6, 6.07) is 6.36. The SMILES string of the molecule is CCC(Oc1c(C(C)C)cccc1C(C)C)C(=O)O[C@H]1C[C@H](O[Si](C)(C)C(C)(C)C)C=C2C=C[C@H](C)[C@H](CC[C@@H]3C[C@H](O[Si](C)(C)C(C)(C)C)CCO3)[C@H]21. The molecule has 0 N–H and O–H groups in total. The number of allylic oxidation sites excluding steroid dienone is 2. The Morgan fingerprint density at radius 2 is 1.48 bits per heavy atom. The zero-order valence-corrected chi connectivity index (χ0v) is 39.1. The fraction of sp³-hybridized carbons (Fsp3) is 0.761. The Balaban J connectivity index is 1.60. The van der Waals surface area contributed by atoms with Crippen LogP contribution in [0, 0.1) is 17.8 Å². The van der Waals surface area contributed by atoms with Gasteiger partial charge in [0, 0.05) is 25.0 Å². The standard InChI is InChI=1S/C46H78O6Si2/c1-17-40(49-43-37(30(2)3)19-18-20-38(43)31(4)5)44(47)50-41-29-36(52-54(15,16)46(10,11)12)27-33-22-21-32(6)39(42(33)41)24-23-34-28-35(25-26-48-34)51-53(13,14)45(7,8)9/h18-22,27,30-32,34-36,39-42H,17,23-26,28-29H2,1-16H3/t32-,34+,35+,36+,39-,40?,41-,42-/m0/s1. The summed E-state index contributed by atoms with van der Waals surface area (Å²) in [4.78, 5) is 14.4. The Labute approximate surface area is 332 Å². The van der Waals surface area contributed by atoms with Crippen molar-refractivity contribution in [3.05, 3.63) is 53.1 Å². The van der Waals surface area contributed by atoms with Gasteiger partial charge in [-0.3, -0.25) is 0 Å². The average Bonchev–Trinajstić information content (AvgIpc) is 3.05. The van der Waals surface area contributed by atoms with Crippen molar-refractivity contribution >= 4 is 22.6 Å². The molecule has 1 heterocycles. The predicted octanol–water partition coefficient (Wildman–Crippen LogP) is 12.5. The highest BCUT2D eigenvalue weighted by molar-refractivity contribution is 6.74. The van der Waals surface area contributed by atoms with Crippen LogP contribution in [0.15, 0.2) is 42.0 Å². The largest absolute Gasteiger partial charge is 0.478 e. The molecular weight excluding hydrogens is 705 g/mol. The predicted molar refractivity (Wildman–Crippen MR) is 230 cm³/mol. The molecule has 4 rings (SSSR count). The van der Waals surface area contributed by atoms with E-state index >= 15 is 0 Å². The lowest BCUT2D eigenvalue weighted by Crippen LogP contribution is -2.49. The van der Waals surface area contributed by atoms with Crippen molar-refractivity contribution in [1.29, 1.82) is 0 Å². The summed E-state index contributed by atoms with van der Waals surface area (Å²) in [5, 5.41) is 0.253. The lowest BCUT2D eigenvalue weighted by Gasteiger charge is -2.46. The van der Waals surface area contributed by atoms with E-state index in [-0.39, 0.29) is 58.2 Å². The second kappa shape index (κ2) is 17.8. The molecule has 1 aromatic carbocycles. The number of hydrogen-bond donors (Lipinski definition) is 0. The van der Waals surface area contributed by atoms with Crippen molar-refractivity contribution in [1.82, 2.24) is 0 Å². The zero-order valence-electron chi connectivity index (χ0n) is 37.1. The van der Waals surface area contributed by atoms with Gasteiger partial charge in [0.05, 0.1) is 12.2 Å². The van der Waals surface area contributed by atoms with Crippen molar-refractivity contribution < 1.29 is 27.9 Å². The molecule has 1 saturated heterocycles. The maximum Gasteiger partial charge on any atom is 0.347 e. The lowest BCUT2D eigenvalue weighted by atomic mass is 9.66. The van der Waals surface area contributed by atoms with E-state index in [0.717, 1.165) is 49.2 Å². The van der Waals surface area contributed by atoms with Crippen molar-refractivity contribution in [3.63, 3.8) is 0 Å². The molecule has 1 aliphatic heterocycles. The lowest BCUT2D eigenvalue weighted by molar-refractivity contribution is -0.163. The van der Waals surface area contributed by atoms with E-state index in [9.17, 15) is 4.79 Å². The van der Waals surface area contributed by atoms with Crippen molar-refractivity contribution in [2.24, 2.45) is 17.8 Å². The number of carbonyl (C=O) groups excluding carboxylic acids is 1. The van der Waals surface area contributed by atoms with E-state index in [1.165, 1.54) is 5.57 Å². The van der Waals surface area contributed by atoms with E-state index in [1.54, 1.807) is 0 Å². The van der Waals surface area contributed by atoms with Gasteiger partial charge in [-0.05, 0) is 109 Å². The third-order valence-electron chi connectivity index (χ3n) is 13.5. The van der Waals surface area contributed by atoms with Crippen molar-refractivity contribution in [3.8, 4) is 5.75 Å². The highest BCUT2D eigenvalue weighted by atomic mass is 28.4. The highest BCUT2D eigenvalue weighted by Gasteiger charge is 2.47. The first-order valence-corrected chi connectivity index (χ1v) is 27.1. The molecule has 8 atom stereocenters. The first kappa shape index (κ1) is 45.0. The van der Waals surface area contributed by atoms with Gasteiger partial charge >= 0.3 is 5.97 Å². The molecule has 0 amide bonds. The zero-order chi connectivity index (χ0) is 40.4. The molecule has 3 aliphatic rings. The Hall–Kier alpha value is -1.72. The van der Waals surface area contributed by atoms with Crippen LogP contribution in [0.4, 0.5) is 0 Å². The van der Waals surface area contributed by atoms with E-state index in [4.69, 9.17) is 23.1 Å². The fourth-order valence-corrected chi connectivity index (χ4v) is 10.7. The third-order valence-corrected chi connectivity index (χ3v) is 22.5. The second-order valence-electron chi connectivity index (χ2n) is 20.4. The van der Waals surface area contributed by atoms with E-state index in [0.29, 0.717) is 24.7 Å². The number of fused-ring (bicyclic) bond motifs is 1. The summed E-state index contributed by atoms with van der Waals surface area (Å²) < 4.78 is 33.8. The average molecular weight is 783 g/mol. The third kappa shape index (κ3) is 10.8. The summed E-state index contributed by atoms with van der Waals surface area (Å²) in [5.74, 6) is 1.85. The van der Waals surface area contributed by atoms with E-state index in [1.807, 2.05) is 6.92 Å². The van der Waals surface area contributed by atoms with Crippen LogP contribution in [0.25, 0.3) is 0 Å². The Morgan fingerprint density at radius 3 is 2.04 bits per heavy atom. The van der Waals surface area contributed by atoms with Gasteiger partial charge in [0.15, 0.2) is 22.7 Å². The summed E-state index contributed by atoms with van der Waals surface area (Å²) in [5.41, 5.74) is 3.51. The number of ether oxygens (including phenoxy) is 3. The van der Waals surface area contributed by atoms with Crippen LogP contribution < -0.4 is 4.74 Å². The van der Waals surface area contributed by atoms with Crippen LogP contribution in [-0.4, -0.2) is 59.7 Å². The van der Waals surface area contributed by atoms with Gasteiger partial charge in [0.1, 0.15) is 11.9 Å². The highest BCUT2D eigenvalue weighted by Crippen LogP contribution is 2.47. The molecule has 1 fully saturated rings. The van der Waals surface area contributed by atoms with Crippen LogP contribution in [-0.2, 0) is 23.1 Å². The van der Waals surface area contributed by atoms with Crippen molar-refractivity contribution in [2.45, 2.75) is 200 Å². The summed E-state index contributed by atoms with van der Waals surface area (Å²) >= 11 is 0. The minimum Gasteiger partial charge on any atom is -0.478 e. The summed E-state index contributed by atoms with van der Waals surface area (Å²) in [6.45, 7) is 37.0. The maximum absolute atomic E-state index is 14.4. The van der Waals surface area contributed by atoms with Crippen LogP contribution in [0.2, 0.25) is 36.3 Å². The Bertz CT molecular complexity index is 1440. The molecule has 0 radical (unpaired) electrons. The Kier molecular flexibility index (Phi) is 14.9. The van der Waals surface area contributed by atoms with Crippen LogP contribution in [0.1, 0.15) is 145 Å².